The van der Waals surface area contributed by atoms with Crippen LogP contribution in [0.5, 0.6) is 0 Å². The van der Waals surface area contributed by atoms with Crippen LogP contribution in [0.3, 0.4) is 0 Å². The molecule has 1 aromatic carbocycles. The van der Waals surface area contributed by atoms with Crippen molar-refractivity contribution >= 4 is 17.7 Å². The van der Waals surface area contributed by atoms with Crippen molar-refractivity contribution in [2.45, 2.75) is 35.3 Å². The molecule has 0 heterocycles. The summed E-state index contributed by atoms with van der Waals surface area (Å²) in [7, 11) is 0. The van der Waals surface area contributed by atoms with Crippen LogP contribution in [-0.4, -0.2) is 10.7 Å². The number of carbonyl (C=O) groups excluding carboxylic acids is 1. The van der Waals surface area contributed by atoms with Gasteiger partial charge in [0.2, 0.25) is 5.91 Å². The van der Waals surface area contributed by atoms with E-state index in [0.717, 1.165) is 30.6 Å². The molecule has 0 radical (unpaired) electrons. The second-order valence-corrected chi connectivity index (χ2v) is 5.44. The number of carbonyl (C=O) groups is 1. The summed E-state index contributed by atoms with van der Waals surface area (Å²) in [5.74, 6) is -0.158. The molecule has 1 aromatic rings. The van der Waals surface area contributed by atoms with Gasteiger partial charge in [0.1, 0.15) is 0 Å². The fraction of sp³-hybridized carbons (Fsp3) is 0.417. The van der Waals surface area contributed by atoms with E-state index >= 15 is 0 Å². The minimum atomic E-state index is -0.346. The molecule has 0 atom stereocenters. The van der Waals surface area contributed by atoms with Crippen molar-refractivity contribution in [1.29, 1.82) is 0 Å². The van der Waals surface area contributed by atoms with Crippen molar-refractivity contribution in [2.75, 3.05) is 0 Å². The molecule has 80 valence electrons. The summed E-state index contributed by atoms with van der Waals surface area (Å²) in [6.45, 7) is 0. The molecular formula is C12H15NOS. The number of primary amides is 1. The van der Waals surface area contributed by atoms with Gasteiger partial charge < -0.3 is 5.73 Å². The molecule has 0 unspecified atom stereocenters. The third-order valence-electron chi connectivity index (χ3n) is 2.92. The summed E-state index contributed by atoms with van der Waals surface area (Å²) in [5.41, 5.74) is 5.52. The van der Waals surface area contributed by atoms with Gasteiger partial charge in [-0.3, -0.25) is 4.79 Å². The zero-order chi connectivity index (χ0) is 10.7. The van der Waals surface area contributed by atoms with Gasteiger partial charge in [0.05, 0.1) is 4.75 Å². The minimum absolute atomic E-state index is 0.158. The number of amides is 1. The van der Waals surface area contributed by atoms with Gasteiger partial charge in [0.25, 0.3) is 0 Å². The first-order valence-corrected chi connectivity index (χ1v) is 6.09. The van der Waals surface area contributed by atoms with E-state index in [1.54, 1.807) is 11.8 Å². The lowest BCUT2D eigenvalue weighted by Gasteiger charge is -2.24. The Morgan fingerprint density at radius 1 is 1.20 bits per heavy atom. The van der Waals surface area contributed by atoms with Crippen LogP contribution in [0.25, 0.3) is 0 Å². The second kappa shape index (κ2) is 4.27. The van der Waals surface area contributed by atoms with Crippen LogP contribution in [0.4, 0.5) is 0 Å². The van der Waals surface area contributed by atoms with Crippen LogP contribution in [-0.2, 0) is 4.79 Å². The summed E-state index contributed by atoms with van der Waals surface area (Å²) >= 11 is 1.63. The average Bonchev–Trinajstić information content (AvgIpc) is 2.69. The van der Waals surface area contributed by atoms with E-state index in [2.05, 4.69) is 0 Å². The third-order valence-corrected chi connectivity index (χ3v) is 4.42. The van der Waals surface area contributed by atoms with Gasteiger partial charge in [0.15, 0.2) is 0 Å². The first kappa shape index (κ1) is 10.6. The molecule has 1 aliphatic carbocycles. The van der Waals surface area contributed by atoms with Crippen molar-refractivity contribution in [3.8, 4) is 0 Å². The maximum atomic E-state index is 11.5. The summed E-state index contributed by atoms with van der Waals surface area (Å²) in [6.07, 6.45) is 4.06. The van der Waals surface area contributed by atoms with Crippen molar-refractivity contribution in [3.05, 3.63) is 30.3 Å². The van der Waals surface area contributed by atoms with Gasteiger partial charge >= 0.3 is 0 Å². The number of nitrogens with two attached hydrogens (primary N) is 1. The maximum absolute atomic E-state index is 11.5. The SMILES string of the molecule is NC(=O)C1(Sc2ccccc2)CCCC1. The van der Waals surface area contributed by atoms with Crippen molar-refractivity contribution in [2.24, 2.45) is 5.73 Å². The molecule has 0 aromatic heterocycles. The van der Waals surface area contributed by atoms with E-state index in [9.17, 15) is 4.79 Å². The quantitative estimate of drug-likeness (QED) is 0.852. The predicted octanol–water partition coefficient (Wildman–Crippen LogP) is 2.58. The highest BCUT2D eigenvalue weighted by Gasteiger charge is 2.40. The van der Waals surface area contributed by atoms with Gasteiger partial charge in [0, 0.05) is 4.90 Å². The Morgan fingerprint density at radius 2 is 1.80 bits per heavy atom. The van der Waals surface area contributed by atoms with E-state index in [1.807, 2.05) is 30.3 Å². The van der Waals surface area contributed by atoms with Gasteiger partial charge in [-0.2, -0.15) is 0 Å². The monoisotopic (exact) mass is 221 g/mol. The fourth-order valence-electron chi connectivity index (χ4n) is 2.06. The van der Waals surface area contributed by atoms with Crippen molar-refractivity contribution in [3.63, 3.8) is 0 Å². The topological polar surface area (TPSA) is 43.1 Å². The first-order valence-electron chi connectivity index (χ1n) is 5.27. The van der Waals surface area contributed by atoms with E-state index in [4.69, 9.17) is 5.73 Å². The molecule has 2 nitrogen and oxygen atoms in total. The lowest BCUT2D eigenvalue weighted by Crippen LogP contribution is -2.38. The highest BCUT2D eigenvalue weighted by molar-refractivity contribution is 8.01. The summed E-state index contributed by atoms with van der Waals surface area (Å²) < 4.78 is -0.346. The number of benzene rings is 1. The van der Waals surface area contributed by atoms with Crippen molar-refractivity contribution in [1.82, 2.24) is 0 Å². The van der Waals surface area contributed by atoms with E-state index in [-0.39, 0.29) is 10.7 Å². The number of hydrogen-bond donors (Lipinski definition) is 1. The van der Waals surface area contributed by atoms with E-state index < -0.39 is 0 Å². The molecule has 2 N–H and O–H groups in total. The largest absolute Gasteiger partial charge is 0.368 e. The molecule has 1 saturated carbocycles. The standard InChI is InChI=1S/C12H15NOS/c13-11(14)12(8-4-5-9-12)15-10-6-2-1-3-7-10/h1-3,6-7H,4-5,8-9H2,(H2,13,14). The van der Waals surface area contributed by atoms with Gasteiger partial charge in [-0.05, 0) is 25.0 Å². The minimum Gasteiger partial charge on any atom is -0.368 e. The maximum Gasteiger partial charge on any atom is 0.234 e. The average molecular weight is 221 g/mol. The summed E-state index contributed by atoms with van der Waals surface area (Å²) in [4.78, 5) is 12.7. The van der Waals surface area contributed by atoms with Crippen LogP contribution < -0.4 is 5.73 Å². The fourth-order valence-corrected chi connectivity index (χ4v) is 3.40. The zero-order valence-corrected chi connectivity index (χ0v) is 9.43. The van der Waals surface area contributed by atoms with Gasteiger partial charge in [-0.15, -0.1) is 11.8 Å². The Hall–Kier alpha value is -0.960. The Kier molecular flexibility index (Phi) is 3.00. The highest BCUT2D eigenvalue weighted by Crippen LogP contribution is 2.44. The Balaban J connectivity index is 2.18. The Bertz CT molecular complexity index is 344. The van der Waals surface area contributed by atoms with Crippen LogP contribution in [0.1, 0.15) is 25.7 Å². The van der Waals surface area contributed by atoms with Gasteiger partial charge in [-0.25, -0.2) is 0 Å². The smallest absolute Gasteiger partial charge is 0.234 e. The van der Waals surface area contributed by atoms with Gasteiger partial charge in [-0.1, -0.05) is 31.0 Å². The molecule has 1 amide bonds. The first-order chi connectivity index (χ1) is 7.23. The van der Waals surface area contributed by atoms with Crippen LogP contribution in [0, 0.1) is 0 Å². The number of hydrogen-bond acceptors (Lipinski definition) is 2. The lowest BCUT2D eigenvalue weighted by atomic mass is 10.1. The molecule has 0 aliphatic heterocycles. The molecule has 0 spiro atoms. The molecule has 2 rings (SSSR count). The molecule has 0 saturated heterocycles. The summed E-state index contributed by atoms with van der Waals surface area (Å²) in [6, 6.07) is 10.0. The molecule has 3 heteroatoms. The highest BCUT2D eigenvalue weighted by atomic mass is 32.2. The normalized spacial score (nSPS) is 18.9. The predicted molar refractivity (Wildman–Crippen MR) is 62.7 cm³/mol. The lowest BCUT2D eigenvalue weighted by molar-refractivity contribution is -0.120. The zero-order valence-electron chi connectivity index (χ0n) is 8.61. The van der Waals surface area contributed by atoms with Crippen LogP contribution in [0.15, 0.2) is 35.2 Å². The third kappa shape index (κ3) is 2.17. The van der Waals surface area contributed by atoms with E-state index in [1.165, 1.54) is 0 Å². The van der Waals surface area contributed by atoms with Crippen LogP contribution in [0.2, 0.25) is 0 Å². The van der Waals surface area contributed by atoms with Crippen LogP contribution >= 0.6 is 11.8 Å². The van der Waals surface area contributed by atoms with E-state index in [0.29, 0.717) is 0 Å². The second-order valence-electron chi connectivity index (χ2n) is 3.98. The number of rotatable bonds is 3. The molecule has 15 heavy (non-hydrogen) atoms. The summed E-state index contributed by atoms with van der Waals surface area (Å²) in [5, 5.41) is 0. The molecule has 1 aliphatic rings. The molecule has 1 fully saturated rings. The Labute approximate surface area is 94.2 Å². The van der Waals surface area contributed by atoms with Crippen molar-refractivity contribution < 1.29 is 4.79 Å². The molecular weight excluding hydrogens is 206 g/mol. The Morgan fingerprint density at radius 3 is 2.33 bits per heavy atom. The number of thioether (sulfide) groups is 1. The molecule has 0 bridgehead atoms.